The first-order valence-electron chi connectivity index (χ1n) is 6.69. The third-order valence-electron chi connectivity index (χ3n) is 3.42. The van der Waals surface area contributed by atoms with Crippen LogP contribution in [0.5, 0.6) is 0 Å². The van der Waals surface area contributed by atoms with E-state index in [1.54, 1.807) is 19.1 Å². The fourth-order valence-corrected chi connectivity index (χ4v) is 2.31. The zero-order valence-electron chi connectivity index (χ0n) is 11.4. The van der Waals surface area contributed by atoms with Crippen LogP contribution in [0.1, 0.15) is 28.8 Å². The number of piperidine rings is 1. The van der Waals surface area contributed by atoms with Crippen molar-refractivity contribution in [1.82, 2.24) is 10.6 Å². The summed E-state index contributed by atoms with van der Waals surface area (Å²) in [7, 11) is 0. The normalized spacial score (nSPS) is 15.7. The number of rotatable bonds is 3. The quantitative estimate of drug-likeness (QED) is 0.675. The van der Waals surface area contributed by atoms with Crippen LogP contribution in [-0.2, 0) is 0 Å². The van der Waals surface area contributed by atoms with Gasteiger partial charge in [0.1, 0.15) is 0 Å². The molecule has 0 aliphatic carbocycles. The molecular weight excluding hydrogens is 258 g/mol. The van der Waals surface area contributed by atoms with Gasteiger partial charge in [-0.05, 0) is 44.5 Å². The SMILES string of the molecule is Cc1cccc(C(=O)O)c1NC(=O)NC1CCNCC1. The van der Waals surface area contributed by atoms with E-state index in [1.807, 2.05) is 0 Å². The number of carboxylic acid groups (broad SMARTS) is 1. The minimum Gasteiger partial charge on any atom is -0.478 e. The zero-order chi connectivity index (χ0) is 14.5. The Morgan fingerprint density at radius 1 is 1.30 bits per heavy atom. The number of aryl methyl sites for hydroxylation is 1. The molecule has 0 unspecified atom stereocenters. The van der Waals surface area contributed by atoms with Gasteiger partial charge >= 0.3 is 12.0 Å². The molecule has 1 fully saturated rings. The minimum atomic E-state index is -1.05. The van der Waals surface area contributed by atoms with Gasteiger partial charge < -0.3 is 21.1 Å². The van der Waals surface area contributed by atoms with E-state index in [2.05, 4.69) is 16.0 Å². The van der Waals surface area contributed by atoms with Crippen molar-refractivity contribution in [3.05, 3.63) is 29.3 Å². The second-order valence-corrected chi connectivity index (χ2v) is 4.93. The molecule has 1 aromatic carbocycles. The number of para-hydroxylation sites is 1. The molecule has 4 N–H and O–H groups in total. The molecule has 20 heavy (non-hydrogen) atoms. The van der Waals surface area contributed by atoms with Crippen LogP contribution in [0, 0.1) is 6.92 Å². The van der Waals surface area contributed by atoms with E-state index >= 15 is 0 Å². The largest absolute Gasteiger partial charge is 0.478 e. The number of carbonyl (C=O) groups excluding carboxylic acids is 1. The fourth-order valence-electron chi connectivity index (χ4n) is 2.31. The Kier molecular flexibility index (Phi) is 4.57. The predicted octanol–water partition coefficient (Wildman–Crippen LogP) is 1.57. The summed E-state index contributed by atoms with van der Waals surface area (Å²) in [5.74, 6) is -1.05. The van der Waals surface area contributed by atoms with E-state index in [9.17, 15) is 9.59 Å². The van der Waals surface area contributed by atoms with E-state index in [0.29, 0.717) is 5.69 Å². The van der Waals surface area contributed by atoms with Gasteiger partial charge in [0.05, 0.1) is 11.3 Å². The first-order valence-corrected chi connectivity index (χ1v) is 6.69. The Hall–Kier alpha value is -2.08. The number of carboxylic acids is 1. The molecule has 0 saturated carbocycles. The number of hydrogen-bond donors (Lipinski definition) is 4. The van der Waals surface area contributed by atoms with Gasteiger partial charge in [-0.25, -0.2) is 9.59 Å². The van der Waals surface area contributed by atoms with Crippen molar-refractivity contribution >= 4 is 17.7 Å². The van der Waals surface area contributed by atoms with Gasteiger partial charge in [0.25, 0.3) is 0 Å². The molecule has 1 aliphatic heterocycles. The van der Waals surface area contributed by atoms with Crippen LogP contribution < -0.4 is 16.0 Å². The Balaban J connectivity index is 2.05. The van der Waals surface area contributed by atoms with Crippen molar-refractivity contribution < 1.29 is 14.7 Å². The highest BCUT2D eigenvalue weighted by Gasteiger charge is 2.18. The van der Waals surface area contributed by atoms with Crippen molar-refractivity contribution in [1.29, 1.82) is 0 Å². The molecule has 6 heteroatoms. The van der Waals surface area contributed by atoms with Gasteiger partial charge in [0.15, 0.2) is 0 Å². The van der Waals surface area contributed by atoms with Gasteiger partial charge in [-0.1, -0.05) is 12.1 Å². The van der Waals surface area contributed by atoms with Crippen LogP contribution in [0.25, 0.3) is 0 Å². The Labute approximate surface area is 117 Å². The number of nitrogens with one attached hydrogen (secondary N) is 3. The number of hydrogen-bond acceptors (Lipinski definition) is 3. The molecule has 6 nitrogen and oxygen atoms in total. The first-order chi connectivity index (χ1) is 9.58. The lowest BCUT2D eigenvalue weighted by Gasteiger charge is -2.24. The van der Waals surface area contributed by atoms with Crippen LogP contribution in [0.2, 0.25) is 0 Å². The molecule has 0 spiro atoms. The highest BCUT2D eigenvalue weighted by Crippen LogP contribution is 2.20. The van der Waals surface area contributed by atoms with Crippen molar-refractivity contribution in [3.8, 4) is 0 Å². The van der Waals surface area contributed by atoms with Gasteiger partial charge in [-0.3, -0.25) is 0 Å². The monoisotopic (exact) mass is 277 g/mol. The summed E-state index contributed by atoms with van der Waals surface area (Å²) in [5, 5.41) is 17.9. The van der Waals surface area contributed by atoms with Gasteiger partial charge in [0.2, 0.25) is 0 Å². The number of aromatic carboxylic acids is 1. The van der Waals surface area contributed by atoms with Gasteiger partial charge in [-0.15, -0.1) is 0 Å². The highest BCUT2D eigenvalue weighted by atomic mass is 16.4. The van der Waals surface area contributed by atoms with Crippen molar-refractivity contribution in [2.75, 3.05) is 18.4 Å². The topological polar surface area (TPSA) is 90.5 Å². The maximum absolute atomic E-state index is 12.0. The summed E-state index contributed by atoms with van der Waals surface area (Å²) >= 11 is 0. The maximum Gasteiger partial charge on any atom is 0.337 e. The van der Waals surface area contributed by atoms with E-state index < -0.39 is 5.97 Å². The number of anilines is 1. The zero-order valence-corrected chi connectivity index (χ0v) is 11.4. The highest BCUT2D eigenvalue weighted by molar-refractivity contribution is 6.01. The predicted molar refractivity (Wildman–Crippen MR) is 76.2 cm³/mol. The third kappa shape index (κ3) is 3.48. The Morgan fingerprint density at radius 2 is 2.00 bits per heavy atom. The third-order valence-corrected chi connectivity index (χ3v) is 3.42. The second kappa shape index (κ2) is 6.38. The Morgan fingerprint density at radius 3 is 2.65 bits per heavy atom. The van der Waals surface area contributed by atoms with E-state index in [0.717, 1.165) is 31.5 Å². The summed E-state index contributed by atoms with van der Waals surface area (Å²) in [6.07, 6.45) is 1.76. The molecule has 2 amide bonds. The molecule has 0 radical (unpaired) electrons. The van der Waals surface area contributed by atoms with Crippen LogP contribution >= 0.6 is 0 Å². The van der Waals surface area contributed by atoms with Gasteiger partial charge in [-0.2, -0.15) is 0 Å². The van der Waals surface area contributed by atoms with E-state index in [1.165, 1.54) is 6.07 Å². The van der Waals surface area contributed by atoms with Crippen molar-refractivity contribution in [2.45, 2.75) is 25.8 Å². The lowest BCUT2D eigenvalue weighted by atomic mass is 10.1. The molecule has 2 rings (SSSR count). The van der Waals surface area contributed by atoms with Crippen LogP contribution in [0.4, 0.5) is 10.5 Å². The van der Waals surface area contributed by atoms with E-state index in [-0.39, 0.29) is 17.6 Å². The average Bonchev–Trinajstić information content (AvgIpc) is 2.42. The maximum atomic E-state index is 12.0. The molecule has 0 aromatic heterocycles. The molecule has 108 valence electrons. The molecular formula is C14H19N3O3. The van der Waals surface area contributed by atoms with Crippen LogP contribution in [0.15, 0.2) is 18.2 Å². The fraction of sp³-hybridized carbons (Fsp3) is 0.429. The second-order valence-electron chi connectivity index (χ2n) is 4.93. The summed E-state index contributed by atoms with van der Waals surface area (Å²) in [5.41, 5.74) is 1.18. The number of urea groups is 1. The smallest absolute Gasteiger partial charge is 0.337 e. The van der Waals surface area contributed by atoms with Crippen molar-refractivity contribution in [3.63, 3.8) is 0 Å². The number of benzene rings is 1. The lowest BCUT2D eigenvalue weighted by Crippen LogP contribution is -2.44. The molecule has 1 aromatic rings. The first kappa shape index (κ1) is 14.3. The lowest BCUT2D eigenvalue weighted by molar-refractivity contribution is 0.0698. The average molecular weight is 277 g/mol. The summed E-state index contributed by atoms with van der Waals surface area (Å²) < 4.78 is 0. The summed E-state index contributed by atoms with van der Waals surface area (Å²) in [6.45, 7) is 3.54. The molecule has 0 atom stereocenters. The van der Waals surface area contributed by atoms with Crippen LogP contribution in [-0.4, -0.2) is 36.2 Å². The standard InChI is InChI=1S/C14H19N3O3/c1-9-3-2-4-11(13(18)19)12(9)17-14(20)16-10-5-7-15-8-6-10/h2-4,10,15H,5-8H2,1H3,(H,18,19)(H2,16,17,20). The summed E-state index contributed by atoms with van der Waals surface area (Å²) in [4.78, 5) is 23.1. The molecule has 1 heterocycles. The number of amides is 2. The molecule has 1 aliphatic rings. The summed E-state index contributed by atoms with van der Waals surface area (Å²) in [6, 6.07) is 4.69. The van der Waals surface area contributed by atoms with E-state index in [4.69, 9.17) is 5.11 Å². The Bertz CT molecular complexity index is 510. The van der Waals surface area contributed by atoms with Gasteiger partial charge in [0, 0.05) is 6.04 Å². The molecule has 1 saturated heterocycles. The number of carbonyl (C=O) groups is 2. The van der Waals surface area contributed by atoms with Crippen LogP contribution in [0.3, 0.4) is 0 Å². The molecule has 0 bridgehead atoms. The minimum absolute atomic E-state index is 0.102. The van der Waals surface area contributed by atoms with Crippen molar-refractivity contribution in [2.24, 2.45) is 0 Å².